The topological polar surface area (TPSA) is 55.1 Å². The smallest absolute Gasteiger partial charge is 0.248 e. The van der Waals surface area contributed by atoms with Gasteiger partial charge in [0.2, 0.25) is 5.91 Å². The summed E-state index contributed by atoms with van der Waals surface area (Å²) in [7, 11) is 0. The van der Waals surface area contributed by atoms with Crippen LogP contribution in [0.3, 0.4) is 0 Å². The molecule has 17 heavy (non-hydrogen) atoms. The maximum absolute atomic E-state index is 11.0. The number of amides is 1. The number of hydrogen-bond acceptors (Lipinski definition) is 2. The Balaban J connectivity index is 2.00. The van der Waals surface area contributed by atoms with Gasteiger partial charge in [-0.3, -0.25) is 4.79 Å². The molecule has 1 aliphatic rings. The van der Waals surface area contributed by atoms with Crippen molar-refractivity contribution in [2.75, 3.05) is 5.32 Å². The van der Waals surface area contributed by atoms with Gasteiger partial charge in [-0.25, -0.2) is 0 Å². The van der Waals surface area contributed by atoms with Gasteiger partial charge in [-0.1, -0.05) is 19.8 Å². The van der Waals surface area contributed by atoms with Gasteiger partial charge in [-0.15, -0.1) is 0 Å². The van der Waals surface area contributed by atoms with Gasteiger partial charge in [-0.05, 0) is 43.0 Å². The second-order valence-corrected chi connectivity index (χ2v) is 4.95. The number of primary amides is 1. The Hall–Kier alpha value is -1.51. The predicted octanol–water partition coefficient (Wildman–Crippen LogP) is 2.78. The monoisotopic (exact) mass is 232 g/mol. The summed E-state index contributed by atoms with van der Waals surface area (Å²) in [5, 5.41) is 3.54. The maximum atomic E-state index is 11.0. The van der Waals surface area contributed by atoms with Gasteiger partial charge >= 0.3 is 0 Å². The van der Waals surface area contributed by atoms with Crippen molar-refractivity contribution in [2.24, 2.45) is 11.7 Å². The summed E-state index contributed by atoms with van der Waals surface area (Å²) in [6, 6.07) is 7.97. The van der Waals surface area contributed by atoms with Crippen molar-refractivity contribution in [1.29, 1.82) is 0 Å². The standard InChI is InChI=1S/C14H20N2O/c1-10-4-2-3-5-13(10)16-12-8-6-11(7-9-12)14(15)17/h6-10,13,16H,2-5H2,1H3,(H2,15,17). The normalized spacial score (nSPS) is 24.3. The van der Waals surface area contributed by atoms with Gasteiger partial charge in [0, 0.05) is 17.3 Å². The lowest BCUT2D eigenvalue weighted by Crippen LogP contribution is -2.30. The maximum Gasteiger partial charge on any atom is 0.248 e. The molecule has 1 amide bonds. The Bertz CT molecular complexity index is 386. The molecule has 0 radical (unpaired) electrons. The van der Waals surface area contributed by atoms with Crippen LogP contribution in [-0.4, -0.2) is 11.9 Å². The van der Waals surface area contributed by atoms with Gasteiger partial charge in [0.25, 0.3) is 0 Å². The minimum Gasteiger partial charge on any atom is -0.382 e. The quantitative estimate of drug-likeness (QED) is 0.842. The fraction of sp³-hybridized carbons (Fsp3) is 0.500. The highest BCUT2D eigenvalue weighted by atomic mass is 16.1. The molecule has 0 bridgehead atoms. The zero-order chi connectivity index (χ0) is 12.3. The first-order valence-electron chi connectivity index (χ1n) is 6.33. The summed E-state index contributed by atoms with van der Waals surface area (Å²) in [5.41, 5.74) is 6.85. The van der Waals surface area contributed by atoms with Crippen molar-refractivity contribution in [3.8, 4) is 0 Å². The van der Waals surface area contributed by atoms with E-state index >= 15 is 0 Å². The molecule has 0 aromatic heterocycles. The molecule has 3 nitrogen and oxygen atoms in total. The van der Waals surface area contributed by atoms with Crippen LogP contribution >= 0.6 is 0 Å². The van der Waals surface area contributed by atoms with E-state index < -0.39 is 0 Å². The van der Waals surface area contributed by atoms with E-state index in [-0.39, 0.29) is 5.91 Å². The van der Waals surface area contributed by atoms with Gasteiger partial charge in [0.1, 0.15) is 0 Å². The van der Waals surface area contributed by atoms with Crippen molar-refractivity contribution < 1.29 is 4.79 Å². The lowest BCUT2D eigenvalue weighted by atomic mass is 9.86. The van der Waals surface area contributed by atoms with Crippen LogP contribution in [0.5, 0.6) is 0 Å². The molecule has 1 aromatic carbocycles. The highest BCUT2D eigenvalue weighted by Crippen LogP contribution is 2.26. The third kappa shape index (κ3) is 2.99. The van der Waals surface area contributed by atoms with Gasteiger partial charge in [-0.2, -0.15) is 0 Å². The lowest BCUT2D eigenvalue weighted by Gasteiger charge is -2.30. The molecule has 2 rings (SSSR count). The second-order valence-electron chi connectivity index (χ2n) is 4.95. The molecule has 3 heteroatoms. The molecular formula is C14H20N2O. The van der Waals surface area contributed by atoms with E-state index in [9.17, 15) is 4.79 Å². The molecule has 3 N–H and O–H groups in total. The van der Waals surface area contributed by atoms with Crippen LogP contribution in [0.4, 0.5) is 5.69 Å². The van der Waals surface area contributed by atoms with Gasteiger partial charge in [0.05, 0.1) is 0 Å². The van der Waals surface area contributed by atoms with Crippen LogP contribution in [0.15, 0.2) is 24.3 Å². The van der Waals surface area contributed by atoms with Crippen LogP contribution in [-0.2, 0) is 0 Å². The van der Waals surface area contributed by atoms with Crippen molar-refractivity contribution in [3.63, 3.8) is 0 Å². The highest BCUT2D eigenvalue weighted by molar-refractivity contribution is 5.93. The zero-order valence-electron chi connectivity index (χ0n) is 10.3. The molecule has 2 unspecified atom stereocenters. The third-order valence-corrected chi connectivity index (χ3v) is 3.63. The average molecular weight is 232 g/mol. The Morgan fingerprint density at radius 1 is 1.24 bits per heavy atom. The summed E-state index contributed by atoms with van der Waals surface area (Å²) in [6.45, 7) is 2.30. The van der Waals surface area contributed by atoms with E-state index in [1.54, 1.807) is 12.1 Å². The van der Waals surface area contributed by atoms with E-state index in [0.29, 0.717) is 11.6 Å². The Labute approximate surface area is 102 Å². The van der Waals surface area contributed by atoms with Crippen molar-refractivity contribution >= 4 is 11.6 Å². The summed E-state index contributed by atoms with van der Waals surface area (Å²) < 4.78 is 0. The number of nitrogens with two attached hydrogens (primary N) is 1. The number of nitrogens with one attached hydrogen (secondary N) is 1. The Morgan fingerprint density at radius 3 is 2.47 bits per heavy atom. The molecule has 1 aromatic rings. The average Bonchev–Trinajstić information content (AvgIpc) is 2.33. The summed E-state index contributed by atoms with van der Waals surface area (Å²) in [4.78, 5) is 11.0. The molecule has 1 fully saturated rings. The van der Waals surface area contributed by atoms with Crippen LogP contribution < -0.4 is 11.1 Å². The largest absolute Gasteiger partial charge is 0.382 e. The first-order chi connectivity index (χ1) is 8.16. The number of anilines is 1. The van der Waals surface area contributed by atoms with E-state index in [0.717, 1.165) is 11.6 Å². The minimum absolute atomic E-state index is 0.373. The molecule has 1 saturated carbocycles. The first kappa shape index (κ1) is 12.0. The molecule has 0 aliphatic heterocycles. The molecule has 92 valence electrons. The highest BCUT2D eigenvalue weighted by Gasteiger charge is 2.20. The summed E-state index contributed by atoms with van der Waals surface area (Å²) >= 11 is 0. The van der Waals surface area contributed by atoms with Crippen LogP contribution in [0.2, 0.25) is 0 Å². The van der Waals surface area contributed by atoms with Crippen LogP contribution in [0.25, 0.3) is 0 Å². The number of rotatable bonds is 3. The number of carbonyl (C=O) groups is 1. The Morgan fingerprint density at radius 2 is 1.88 bits per heavy atom. The fourth-order valence-electron chi connectivity index (χ4n) is 2.48. The second kappa shape index (κ2) is 5.21. The van der Waals surface area contributed by atoms with Gasteiger partial charge in [0.15, 0.2) is 0 Å². The summed E-state index contributed by atoms with van der Waals surface area (Å²) in [6.07, 6.45) is 5.19. The van der Waals surface area contributed by atoms with Crippen molar-refractivity contribution in [1.82, 2.24) is 0 Å². The van der Waals surface area contributed by atoms with Crippen molar-refractivity contribution in [3.05, 3.63) is 29.8 Å². The third-order valence-electron chi connectivity index (χ3n) is 3.63. The van der Waals surface area contributed by atoms with E-state index in [1.807, 2.05) is 12.1 Å². The molecule has 0 heterocycles. The van der Waals surface area contributed by atoms with E-state index in [2.05, 4.69) is 12.2 Å². The first-order valence-corrected chi connectivity index (χ1v) is 6.33. The molecule has 0 saturated heterocycles. The lowest BCUT2D eigenvalue weighted by molar-refractivity contribution is 0.100. The molecule has 2 atom stereocenters. The van der Waals surface area contributed by atoms with Crippen molar-refractivity contribution in [2.45, 2.75) is 38.6 Å². The van der Waals surface area contributed by atoms with Crippen LogP contribution in [0.1, 0.15) is 43.0 Å². The van der Waals surface area contributed by atoms with Crippen LogP contribution in [0, 0.1) is 5.92 Å². The number of benzene rings is 1. The van der Waals surface area contributed by atoms with E-state index in [4.69, 9.17) is 5.73 Å². The Kier molecular flexibility index (Phi) is 3.67. The number of hydrogen-bond donors (Lipinski definition) is 2. The molecule has 1 aliphatic carbocycles. The predicted molar refractivity (Wildman–Crippen MR) is 70.0 cm³/mol. The minimum atomic E-state index is -0.373. The summed E-state index contributed by atoms with van der Waals surface area (Å²) in [5.74, 6) is 0.349. The molecular weight excluding hydrogens is 212 g/mol. The fourth-order valence-corrected chi connectivity index (χ4v) is 2.48. The SMILES string of the molecule is CC1CCCCC1Nc1ccc(C(N)=O)cc1. The zero-order valence-corrected chi connectivity index (χ0v) is 10.3. The van der Waals surface area contributed by atoms with E-state index in [1.165, 1.54) is 25.7 Å². The van der Waals surface area contributed by atoms with Gasteiger partial charge < -0.3 is 11.1 Å². The number of carbonyl (C=O) groups excluding carboxylic acids is 1. The molecule has 0 spiro atoms.